The lowest BCUT2D eigenvalue weighted by molar-refractivity contribution is -0.123. The molecule has 0 bridgehead atoms. The van der Waals surface area contributed by atoms with Gasteiger partial charge in [-0.3, -0.25) is 14.5 Å². The van der Waals surface area contributed by atoms with Gasteiger partial charge < -0.3 is 9.47 Å². The van der Waals surface area contributed by atoms with E-state index in [-0.39, 0.29) is 23.0 Å². The van der Waals surface area contributed by atoms with E-state index in [1.54, 1.807) is 42.5 Å². The second-order valence-corrected chi connectivity index (χ2v) is 8.56. The second kappa shape index (κ2) is 9.93. The van der Waals surface area contributed by atoms with Crippen molar-refractivity contribution in [3.8, 4) is 11.5 Å². The zero-order valence-electron chi connectivity index (χ0n) is 18.4. The SMILES string of the molecule is COc1cc(/C=C2\SC(=O)N(Cc3ccc(F)cc3)C2=O)ccc1OC(=O)c1cccc(C)c1. The van der Waals surface area contributed by atoms with Crippen LogP contribution < -0.4 is 9.47 Å². The van der Waals surface area contributed by atoms with E-state index in [1.165, 1.54) is 31.4 Å². The fourth-order valence-corrected chi connectivity index (χ4v) is 4.19. The van der Waals surface area contributed by atoms with E-state index in [0.717, 1.165) is 22.2 Å². The number of rotatable bonds is 6. The molecular formula is C26H20FNO5S. The van der Waals surface area contributed by atoms with E-state index in [2.05, 4.69) is 0 Å². The molecule has 6 nitrogen and oxygen atoms in total. The molecule has 0 saturated carbocycles. The highest BCUT2D eigenvalue weighted by atomic mass is 32.2. The number of nitrogens with zero attached hydrogens (tertiary/aromatic N) is 1. The summed E-state index contributed by atoms with van der Waals surface area (Å²) in [6.07, 6.45) is 1.57. The third kappa shape index (κ3) is 5.18. The lowest BCUT2D eigenvalue weighted by atomic mass is 10.1. The third-order valence-electron chi connectivity index (χ3n) is 5.07. The summed E-state index contributed by atoms with van der Waals surface area (Å²) in [4.78, 5) is 39.0. The van der Waals surface area contributed by atoms with E-state index in [9.17, 15) is 18.8 Å². The van der Waals surface area contributed by atoms with Gasteiger partial charge in [0.2, 0.25) is 0 Å². The Morgan fingerprint density at radius 1 is 1.03 bits per heavy atom. The first-order valence-corrected chi connectivity index (χ1v) is 11.1. The first-order chi connectivity index (χ1) is 16.3. The smallest absolute Gasteiger partial charge is 0.343 e. The van der Waals surface area contributed by atoms with Crippen molar-refractivity contribution in [1.29, 1.82) is 0 Å². The average Bonchev–Trinajstić information content (AvgIpc) is 3.08. The van der Waals surface area contributed by atoms with Gasteiger partial charge in [0.1, 0.15) is 5.82 Å². The van der Waals surface area contributed by atoms with E-state index < -0.39 is 17.1 Å². The Morgan fingerprint density at radius 2 is 1.79 bits per heavy atom. The largest absolute Gasteiger partial charge is 0.493 e. The van der Waals surface area contributed by atoms with Gasteiger partial charge in [-0.05, 0) is 72.3 Å². The first-order valence-electron chi connectivity index (χ1n) is 10.3. The molecule has 0 aromatic heterocycles. The minimum Gasteiger partial charge on any atom is -0.493 e. The van der Waals surface area contributed by atoms with Crippen LogP contribution in [-0.2, 0) is 11.3 Å². The van der Waals surface area contributed by atoms with Crippen molar-refractivity contribution in [2.24, 2.45) is 0 Å². The zero-order chi connectivity index (χ0) is 24.2. The third-order valence-corrected chi connectivity index (χ3v) is 5.98. The highest BCUT2D eigenvalue weighted by molar-refractivity contribution is 8.18. The van der Waals surface area contributed by atoms with Gasteiger partial charge in [0, 0.05) is 0 Å². The second-order valence-electron chi connectivity index (χ2n) is 7.56. The van der Waals surface area contributed by atoms with Crippen LogP contribution in [0.1, 0.15) is 27.0 Å². The molecule has 1 aliphatic rings. The molecule has 3 aromatic carbocycles. The van der Waals surface area contributed by atoms with Gasteiger partial charge in [-0.2, -0.15) is 0 Å². The van der Waals surface area contributed by atoms with Crippen molar-refractivity contribution in [3.05, 3.63) is 99.7 Å². The quantitative estimate of drug-likeness (QED) is 0.262. The molecule has 2 amide bonds. The van der Waals surface area contributed by atoms with Gasteiger partial charge in [-0.1, -0.05) is 35.9 Å². The maximum absolute atomic E-state index is 13.1. The summed E-state index contributed by atoms with van der Waals surface area (Å²) in [7, 11) is 1.44. The number of hydrogen-bond donors (Lipinski definition) is 0. The van der Waals surface area contributed by atoms with Gasteiger partial charge in [0.15, 0.2) is 11.5 Å². The number of aryl methyl sites for hydroxylation is 1. The van der Waals surface area contributed by atoms with Gasteiger partial charge in [0.25, 0.3) is 11.1 Å². The number of hydrogen-bond acceptors (Lipinski definition) is 6. The van der Waals surface area contributed by atoms with Gasteiger partial charge in [-0.15, -0.1) is 0 Å². The highest BCUT2D eigenvalue weighted by Gasteiger charge is 2.35. The van der Waals surface area contributed by atoms with E-state index in [4.69, 9.17) is 9.47 Å². The Morgan fingerprint density at radius 3 is 2.50 bits per heavy atom. The molecular weight excluding hydrogens is 457 g/mol. The molecule has 3 aromatic rings. The fourth-order valence-electron chi connectivity index (χ4n) is 3.35. The van der Waals surface area contributed by atoms with Crippen LogP contribution in [0, 0.1) is 12.7 Å². The summed E-state index contributed by atoms with van der Waals surface area (Å²) in [5.74, 6) is -0.805. The summed E-state index contributed by atoms with van der Waals surface area (Å²) in [6.45, 7) is 1.94. The Hall–Kier alpha value is -3.91. The van der Waals surface area contributed by atoms with Gasteiger partial charge >= 0.3 is 5.97 Å². The standard InChI is InChI=1S/C26H20FNO5S/c1-16-4-3-5-19(12-16)25(30)33-21-11-8-18(13-22(21)32-2)14-23-24(29)28(26(31)34-23)15-17-6-9-20(27)10-7-17/h3-14H,15H2,1-2H3/b23-14-. The van der Waals surface area contributed by atoms with Crippen molar-refractivity contribution >= 4 is 35.0 Å². The lowest BCUT2D eigenvalue weighted by Crippen LogP contribution is -2.27. The van der Waals surface area contributed by atoms with Crippen molar-refractivity contribution in [3.63, 3.8) is 0 Å². The predicted octanol–water partition coefficient (Wildman–Crippen LogP) is 5.60. The van der Waals surface area contributed by atoms with Crippen LogP contribution >= 0.6 is 11.8 Å². The van der Waals surface area contributed by atoms with Gasteiger partial charge in [-0.25, -0.2) is 9.18 Å². The number of carbonyl (C=O) groups is 3. The number of imide groups is 1. The molecule has 0 atom stereocenters. The van der Waals surface area contributed by atoms with E-state index >= 15 is 0 Å². The number of carbonyl (C=O) groups excluding carboxylic acids is 3. The van der Waals surface area contributed by atoms with Crippen LogP contribution in [0.25, 0.3) is 6.08 Å². The van der Waals surface area contributed by atoms with Crippen LogP contribution in [0.2, 0.25) is 0 Å². The number of amides is 2. The van der Waals surface area contributed by atoms with Crippen molar-refractivity contribution in [2.75, 3.05) is 7.11 Å². The molecule has 34 heavy (non-hydrogen) atoms. The summed E-state index contributed by atoms with van der Waals surface area (Å²) in [5, 5.41) is -0.406. The summed E-state index contributed by atoms with van der Waals surface area (Å²) >= 11 is 0.824. The van der Waals surface area contributed by atoms with Crippen LogP contribution in [-0.4, -0.2) is 29.1 Å². The predicted molar refractivity (Wildman–Crippen MR) is 127 cm³/mol. The number of ether oxygens (including phenoxy) is 2. The van der Waals surface area contributed by atoms with Gasteiger partial charge in [0.05, 0.1) is 24.1 Å². The first kappa shape index (κ1) is 23.3. The molecule has 0 N–H and O–H groups in total. The number of methoxy groups -OCH3 is 1. The monoisotopic (exact) mass is 477 g/mol. The van der Waals surface area contributed by atoms with E-state index in [0.29, 0.717) is 22.4 Å². The normalized spacial score (nSPS) is 14.6. The number of esters is 1. The van der Waals surface area contributed by atoms with Crippen molar-refractivity contribution in [2.45, 2.75) is 13.5 Å². The Labute approximate surface area is 200 Å². The Bertz CT molecular complexity index is 1300. The molecule has 4 rings (SSSR count). The molecule has 172 valence electrons. The molecule has 1 heterocycles. The highest BCUT2D eigenvalue weighted by Crippen LogP contribution is 2.35. The number of benzene rings is 3. The molecule has 0 spiro atoms. The minimum atomic E-state index is -0.517. The molecule has 1 saturated heterocycles. The molecule has 1 fully saturated rings. The zero-order valence-corrected chi connectivity index (χ0v) is 19.2. The summed E-state index contributed by atoms with van der Waals surface area (Å²) in [5.41, 5.74) is 2.59. The molecule has 0 aliphatic carbocycles. The fraction of sp³-hybridized carbons (Fsp3) is 0.115. The molecule has 0 unspecified atom stereocenters. The number of halogens is 1. The average molecular weight is 478 g/mol. The van der Waals surface area contributed by atoms with Crippen LogP contribution in [0.15, 0.2) is 71.6 Å². The Kier molecular flexibility index (Phi) is 6.79. The maximum atomic E-state index is 13.1. The summed E-state index contributed by atoms with van der Waals surface area (Å²) in [6, 6.07) is 17.5. The molecule has 0 radical (unpaired) electrons. The number of thioether (sulfide) groups is 1. The van der Waals surface area contributed by atoms with Crippen LogP contribution in [0.5, 0.6) is 11.5 Å². The minimum absolute atomic E-state index is 0.0550. The van der Waals surface area contributed by atoms with Crippen molar-refractivity contribution in [1.82, 2.24) is 4.90 Å². The van der Waals surface area contributed by atoms with Crippen LogP contribution in [0.4, 0.5) is 9.18 Å². The lowest BCUT2D eigenvalue weighted by Gasteiger charge is -2.12. The summed E-state index contributed by atoms with van der Waals surface area (Å²) < 4.78 is 24.0. The van der Waals surface area contributed by atoms with Crippen LogP contribution in [0.3, 0.4) is 0 Å². The van der Waals surface area contributed by atoms with E-state index in [1.807, 2.05) is 13.0 Å². The molecule has 8 heteroatoms. The maximum Gasteiger partial charge on any atom is 0.343 e. The topological polar surface area (TPSA) is 72.9 Å². The molecule has 1 aliphatic heterocycles. The Balaban J connectivity index is 1.51. The van der Waals surface area contributed by atoms with Crippen molar-refractivity contribution < 1.29 is 28.2 Å².